The van der Waals surface area contributed by atoms with Crippen LogP contribution in [0.4, 0.5) is 0 Å². The monoisotopic (exact) mass is 425 g/mol. The lowest BCUT2D eigenvalue weighted by Gasteiger charge is -2.47. The molecular formula is C20H31N3O3S2. The van der Waals surface area contributed by atoms with Crippen LogP contribution in [0.25, 0.3) is 0 Å². The Kier molecular flexibility index (Phi) is 5.13. The zero-order valence-corrected chi connectivity index (χ0v) is 18.7. The van der Waals surface area contributed by atoms with Gasteiger partial charge in [0.15, 0.2) is 0 Å². The fraction of sp³-hybridized carbons (Fsp3) is 0.750. The maximum absolute atomic E-state index is 13.4. The summed E-state index contributed by atoms with van der Waals surface area (Å²) in [6.45, 7) is 9.28. The van der Waals surface area contributed by atoms with Gasteiger partial charge in [0.05, 0.1) is 11.7 Å². The molecular weight excluding hydrogens is 394 g/mol. The molecule has 0 bridgehead atoms. The predicted molar refractivity (Wildman–Crippen MR) is 112 cm³/mol. The lowest BCUT2D eigenvalue weighted by molar-refractivity contribution is -0.142. The fourth-order valence-corrected chi connectivity index (χ4v) is 7.46. The Morgan fingerprint density at radius 2 is 1.82 bits per heavy atom. The van der Waals surface area contributed by atoms with Gasteiger partial charge >= 0.3 is 0 Å². The zero-order chi connectivity index (χ0) is 20.2. The van der Waals surface area contributed by atoms with E-state index >= 15 is 0 Å². The second kappa shape index (κ2) is 7.07. The van der Waals surface area contributed by atoms with E-state index in [1.807, 2.05) is 23.2 Å². The number of thiophene rings is 1. The summed E-state index contributed by atoms with van der Waals surface area (Å²) in [4.78, 5) is 20.5. The molecule has 156 valence electrons. The number of nitrogens with zero attached hydrogens (tertiary/aromatic N) is 3. The molecule has 3 aliphatic rings. The minimum atomic E-state index is -3.30. The van der Waals surface area contributed by atoms with Crippen LogP contribution in [0, 0.1) is 17.8 Å². The number of piperidine rings is 1. The third-order valence-electron chi connectivity index (χ3n) is 7.28. The van der Waals surface area contributed by atoms with Gasteiger partial charge < -0.3 is 4.90 Å². The second-order valence-corrected chi connectivity index (χ2v) is 12.2. The minimum absolute atomic E-state index is 0.184. The van der Waals surface area contributed by atoms with Crippen LogP contribution in [0.5, 0.6) is 0 Å². The lowest BCUT2D eigenvalue weighted by Crippen LogP contribution is -2.52. The molecule has 4 rings (SSSR count). The summed E-state index contributed by atoms with van der Waals surface area (Å²) in [5, 5.41) is 0. The van der Waals surface area contributed by atoms with E-state index in [2.05, 4.69) is 24.0 Å². The summed E-state index contributed by atoms with van der Waals surface area (Å²) in [6, 6.07) is 4.37. The molecule has 1 atom stereocenters. The van der Waals surface area contributed by atoms with Gasteiger partial charge in [-0.1, -0.05) is 0 Å². The first-order chi connectivity index (χ1) is 13.2. The molecule has 1 aromatic heterocycles. The Morgan fingerprint density at radius 1 is 1.11 bits per heavy atom. The van der Waals surface area contributed by atoms with Crippen molar-refractivity contribution in [3.05, 3.63) is 21.9 Å². The highest BCUT2D eigenvalue weighted by molar-refractivity contribution is 7.88. The van der Waals surface area contributed by atoms with Crippen molar-refractivity contribution in [2.24, 2.45) is 10.8 Å². The van der Waals surface area contributed by atoms with E-state index in [-0.39, 0.29) is 11.3 Å². The Balaban J connectivity index is 1.57. The molecule has 6 nitrogen and oxygen atoms in total. The van der Waals surface area contributed by atoms with Crippen LogP contribution in [0.15, 0.2) is 12.1 Å². The standard InChI is InChI=1S/C20H31N3O3S2/c1-4-22-12-9-20(18(22)24)15-23(28(3,25)26)14-19(20)7-10-21(11-8-19)13-17-6-5-16(2)27-17/h5-6H,4,7-15H2,1-3H3/t20-/m1/s1. The lowest BCUT2D eigenvalue weighted by atomic mass is 9.60. The largest absolute Gasteiger partial charge is 0.342 e. The van der Waals surface area contributed by atoms with Gasteiger partial charge in [0.2, 0.25) is 15.9 Å². The smallest absolute Gasteiger partial charge is 0.230 e. The molecule has 4 heterocycles. The van der Waals surface area contributed by atoms with Crippen molar-refractivity contribution in [2.45, 2.75) is 39.7 Å². The maximum Gasteiger partial charge on any atom is 0.230 e. The second-order valence-electron chi connectivity index (χ2n) is 8.82. The number of amides is 1. The Labute approximate surface area is 172 Å². The van der Waals surface area contributed by atoms with E-state index in [9.17, 15) is 13.2 Å². The average Bonchev–Trinajstić information content (AvgIpc) is 3.29. The van der Waals surface area contributed by atoms with Crippen molar-refractivity contribution >= 4 is 27.3 Å². The van der Waals surface area contributed by atoms with Gasteiger partial charge in [-0.3, -0.25) is 9.69 Å². The number of fused-ring (bicyclic) bond motifs is 1. The van der Waals surface area contributed by atoms with Crippen LogP contribution in [-0.2, 0) is 21.4 Å². The first-order valence-corrected chi connectivity index (χ1v) is 12.9. The summed E-state index contributed by atoms with van der Waals surface area (Å²) in [5.74, 6) is 0.184. The summed E-state index contributed by atoms with van der Waals surface area (Å²) < 4.78 is 26.3. The van der Waals surface area contributed by atoms with Crippen molar-refractivity contribution in [3.63, 3.8) is 0 Å². The third kappa shape index (κ3) is 3.22. The van der Waals surface area contributed by atoms with Crippen molar-refractivity contribution < 1.29 is 13.2 Å². The Morgan fingerprint density at radius 3 is 2.36 bits per heavy atom. The first kappa shape index (κ1) is 20.3. The number of hydrogen-bond acceptors (Lipinski definition) is 5. The van der Waals surface area contributed by atoms with Crippen LogP contribution in [0.1, 0.15) is 35.9 Å². The van der Waals surface area contributed by atoms with Crippen molar-refractivity contribution in [1.82, 2.24) is 14.1 Å². The van der Waals surface area contributed by atoms with E-state index in [1.54, 1.807) is 4.31 Å². The molecule has 3 aliphatic heterocycles. The topological polar surface area (TPSA) is 60.9 Å². The molecule has 28 heavy (non-hydrogen) atoms. The normalized spacial score (nSPS) is 28.8. The SMILES string of the molecule is CCN1CC[C@@]2(CN(S(C)(=O)=O)CC23CCN(Cc2ccc(C)s2)CC3)C1=O. The summed E-state index contributed by atoms with van der Waals surface area (Å²) in [7, 11) is -3.30. The first-order valence-electron chi connectivity index (χ1n) is 10.2. The molecule has 0 saturated carbocycles. The fourth-order valence-electron chi connectivity index (χ4n) is 5.59. The van der Waals surface area contributed by atoms with Gasteiger partial charge in [-0.15, -0.1) is 11.3 Å². The predicted octanol–water partition coefficient (Wildman–Crippen LogP) is 2.15. The number of sulfonamides is 1. The van der Waals surface area contributed by atoms with E-state index in [4.69, 9.17) is 0 Å². The van der Waals surface area contributed by atoms with Crippen LogP contribution in [-0.4, -0.2) is 74.0 Å². The van der Waals surface area contributed by atoms with Crippen molar-refractivity contribution in [3.8, 4) is 0 Å². The zero-order valence-electron chi connectivity index (χ0n) is 17.1. The molecule has 0 aliphatic carbocycles. The molecule has 0 aromatic carbocycles. The number of likely N-dealkylation sites (tertiary alicyclic amines) is 2. The highest BCUT2D eigenvalue weighted by Crippen LogP contribution is 2.58. The van der Waals surface area contributed by atoms with Crippen LogP contribution in [0.2, 0.25) is 0 Å². The molecule has 0 N–H and O–H groups in total. The van der Waals surface area contributed by atoms with E-state index in [1.165, 1.54) is 16.0 Å². The highest BCUT2D eigenvalue weighted by atomic mass is 32.2. The molecule has 0 unspecified atom stereocenters. The number of rotatable bonds is 4. The molecule has 2 spiro atoms. The maximum atomic E-state index is 13.4. The van der Waals surface area contributed by atoms with Gasteiger partial charge in [0, 0.05) is 47.9 Å². The highest BCUT2D eigenvalue weighted by Gasteiger charge is 2.66. The van der Waals surface area contributed by atoms with Crippen LogP contribution < -0.4 is 0 Å². The van der Waals surface area contributed by atoms with Gasteiger partial charge in [-0.2, -0.15) is 0 Å². The molecule has 0 radical (unpaired) electrons. The number of carbonyl (C=O) groups excluding carboxylic acids is 1. The van der Waals surface area contributed by atoms with Gasteiger partial charge in [0.25, 0.3) is 0 Å². The molecule has 1 amide bonds. The van der Waals surface area contributed by atoms with Gasteiger partial charge in [0.1, 0.15) is 0 Å². The minimum Gasteiger partial charge on any atom is -0.342 e. The molecule has 8 heteroatoms. The number of aryl methyl sites for hydroxylation is 1. The quantitative estimate of drug-likeness (QED) is 0.742. The van der Waals surface area contributed by atoms with E-state index in [0.29, 0.717) is 19.6 Å². The summed E-state index contributed by atoms with van der Waals surface area (Å²) >= 11 is 1.84. The Bertz CT molecular complexity index is 858. The average molecular weight is 426 g/mol. The molecule has 3 saturated heterocycles. The van der Waals surface area contributed by atoms with E-state index < -0.39 is 15.4 Å². The summed E-state index contributed by atoms with van der Waals surface area (Å²) in [5.41, 5.74) is -0.753. The molecule has 1 aromatic rings. The summed E-state index contributed by atoms with van der Waals surface area (Å²) in [6.07, 6.45) is 3.86. The van der Waals surface area contributed by atoms with Crippen molar-refractivity contribution in [1.29, 1.82) is 0 Å². The Hall–Kier alpha value is -0.960. The van der Waals surface area contributed by atoms with Crippen LogP contribution in [0.3, 0.4) is 0 Å². The number of hydrogen-bond donors (Lipinski definition) is 0. The third-order valence-corrected chi connectivity index (χ3v) is 9.47. The van der Waals surface area contributed by atoms with Gasteiger partial charge in [-0.05, 0) is 58.3 Å². The van der Waals surface area contributed by atoms with Crippen LogP contribution >= 0.6 is 11.3 Å². The molecule has 3 fully saturated rings. The van der Waals surface area contributed by atoms with Crippen molar-refractivity contribution in [2.75, 3.05) is 45.5 Å². The van der Waals surface area contributed by atoms with Gasteiger partial charge in [-0.25, -0.2) is 12.7 Å². The van der Waals surface area contributed by atoms with E-state index in [0.717, 1.165) is 45.4 Å². The number of carbonyl (C=O) groups is 1.